The molecule has 0 atom stereocenters. The van der Waals surface area contributed by atoms with Crippen LogP contribution in [0.4, 0.5) is 11.4 Å². The molecule has 0 radical (unpaired) electrons. The van der Waals surface area contributed by atoms with Crippen molar-refractivity contribution in [3.05, 3.63) is 113 Å². The van der Waals surface area contributed by atoms with Crippen LogP contribution in [0.5, 0.6) is 5.75 Å². The summed E-state index contributed by atoms with van der Waals surface area (Å²) in [7, 11) is 0. The van der Waals surface area contributed by atoms with Gasteiger partial charge in [0.25, 0.3) is 11.2 Å². The molecule has 0 saturated carbocycles. The van der Waals surface area contributed by atoms with Crippen LogP contribution in [0.3, 0.4) is 0 Å². The maximum absolute atomic E-state index is 13.0. The third-order valence-corrected chi connectivity index (χ3v) is 5.50. The van der Waals surface area contributed by atoms with Crippen LogP contribution in [-0.4, -0.2) is 25.7 Å². The molecule has 4 rings (SSSR count). The average Bonchev–Trinajstić information content (AvgIpc) is 2.83. The molecular weight excluding hydrogens is 522 g/mol. The van der Waals surface area contributed by atoms with Crippen molar-refractivity contribution < 1.29 is 14.6 Å². The van der Waals surface area contributed by atoms with Crippen molar-refractivity contribution in [3.8, 4) is 5.75 Å². The number of fused-ring (bicyclic) bond motifs is 1. The highest BCUT2D eigenvalue weighted by molar-refractivity contribution is 9.10. The second-order valence-electron chi connectivity index (χ2n) is 7.35. The maximum Gasteiger partial charge on any atom is 0.311 e. The smallest absolute Gasteiger partial charge is 0.311 e. The SMILES string of the molecule is Cc1nc2ccc(Br)cc2c(=O)n1N=Cc1cccc([N+](=O)[O-])c1OCc1cccc([N+](=O)[O-])c1. The lowest BCUT2D eigenvalue weighted by molar-refractivity contribution is -0.386. The maximum atomic E-state index is 13.0. The molecule has 0 amide bonds. The van der Waals surface area contributed by atoms with Gasteiger partial charge in [0.2, 0.25) is 5.75 Å². The van der Waals surface area contributed by atoms with E-state index in [1.54, 1.807) is 37.3 Å². The fourth-order valence-electron chi connectivity index (χ4n) is 3.38. The Morgan fingerprint density at radius 1 is 1.09 bits per heavy atom. The van der Waals surface area contributed by atoms with E-state index >= 15 is 0 Å². The molecule has 0 saturated heterocycles. The van der Waals surface area contributed by atoms with Gasteiger partial charge in [0.1, 0.15) is 12.4 Å². The third kappa shape index (κ3) is 5.06. The number of hydrogen-bond donors (Lipinski definition) is 0. The highest BCUT2D eigenvalue weighted by Gasteiger charge is 2.19. The van der Waals surface area contributed by atoms with Gasteiger partial charge in [0.15, 0.2) is 0 Å². The number of non-ortho nitro benzene ring substituents is 1. The molecule has 11 nitrogen and oxygen atoms in total. The molecule has 0 bridgehead atoms. The molecule has 176 valence electrons. The standard InChI is InChI=1S/C23H16BrN5O6/c1-14-26-20-9-8-17(24)11-19(20)23(30)27(14)25-12-16-5-3-7-21(29(33)34)22(16)35-13-15-4-2-6-18(10-15)28(31)32/h2-12H,13H2,1H3. The highest BCUT2D eigenvalue weighted by Crippen LogP contribution is 2.31. The molecule has 3 aromatic carbocycles. The van der Waals surface area contributed by atoms with E-state index in [0.29, 0.717) is 26.8 Å². The number of aromatic nitrogens is 2. The minimum atomic E-state index is -0.605. The number of nitro groups is 2. The van der Waals surface area contributed by atoms with Gasteiger partial charge in [-0.3, -0.25) is 25.0 Å². The number of para-hydroxylation sites is 1. The normalized spacial score (nSPS) is 11.1. The number of ether oxygens (including phenoxy) is 1. The fourth-order valence-corrected chi connectivity index (χ4v) is 3.74. The molecule has 0 aliphatic heterocycles. The third-order valence-electron chi connectivity index (χ3n) is 5.01. The summed E-state index contributed by atoms with van der Waals surface area (Å²) in [5, 5.41) is 27.2. The summed E-state index contributed by atoms with van der Waals surface area (Å²) >= 11 is 3.33. The number of aryl methyl sites for hydroxylation is 1. The van der Waals surface area contributed by atoms with Gasteiger partial charge in [-0.05, 0) is 36.8 Å². The Bertz CT molecular complexity index is 1570. The van der Waals surface area contributed by atoms with E-state index in [1.165, 1.54) is 36.5 Å². The first-order chi connectivity index (χ1) is 16.7. The molecule has 0 aliphatic carbocycles. The highest BCUT2D eigenvalue weighted by atomic mass is 79.9. The second-order valence-corrected chi connectivity index (χ2v) is 8.27. The van der Waals surface area contributed by atoms with Crippen LogP contribution in [-0.2, 0) is 6.61 Å². The van der Waals surface area contributed by atoms with Crippen LogP contribution >= 0.6 is 15.9 Å². The Labute approximate surface area is 205 Å². The van der Waals surface area contributed by atoms with E-state index in [2.05, 4.69) is 26.0 Å². The zero-order valence-electron chi connectivity index (χ0n) is 18.1. The van der Waals surface area contributed by atoms with E-state index in [9.17, 15) is 25.0 Å². The Hall–Kier alpha value is -4.45. The molecule has 1 aromatic heterocycles. The predicted octanol–water partition coefficient (Wildman–Crippen LogP) is 4.75. The summed E-state index contributed by atoms with van der Waals surface area (Å²) in [6.07, 6.45) is 1.27. The lowest BCUT2D eigenvalue weighted by Crippen LogP contribution is -2.20. The number of halogens is 1. The van der Waals surface area contributed by atoms with E-state index in [0.717, 1.165) is 4.68 Å². The van der Waals surface area contributed by atoms with Crippen molar-refractivity contribution in [1.29, 1.82) is 0 Å². The topological polar surface area (TPSA) is 143 Å². The zero-order chi connectivity index (χ0) is 25.1. The first kappa shape index (κ1) is 23.7. The summed E-state index contributed by atoms with van der Waals surface area (Å²) in [5.74, 6) is 0.237. The minimum Gasteiger partial charge on any atom is -0.481 e. The van der Waals surface area contributed by atoms with Crippen LogP contribution < -0.4 is 10.3 Å². The van der Waals surface area contributed by atoms with Crippen molar-refractivity contribution in [1.82, 2.24) is 9.66 Å². The fraction of sp³-hybridized carbons (Fsp3) is 0.0870. The molecule has 1 heterocycles. The summed E-state index contributed by atoms with van der Waals surface area (Å²) in [5.41, 5.74) is 0.361. The van der Waals surface area contributed by atoms with Crippen molar-refractivity contribution in [2.45, 2.75) is 13.5 Å². The number of hydrogen-bond acceptors (Lipinski definition) is 8. The van der Waals surface area contributed by atoms with Gasteiger partial charge >= 0.3 is 5.69 Å². The average molecular weight is 538 g/mol. The van der Waals surface area contributed by atoms with Crippen LogP contribution in [0, 0.1) is 27.2 Å². The summed E-state index contributed by atoms with van der Waals surface area (Å²) in [6, 6.07) is 15.2. The minimum absolute atomic E-state index is 0.0880. The monoisotopic (exact) mass is 537 g/mol. The number of benzene rings is 3. The van der Waals surface area contributed by atoms with Crippen LogP contribution in [0.2, 0.25) is 0 Å². The van der Waals surface area contributed by atoms with Gasteiger partial charge in [-0.25, -0.2) is 4.98 Å². The van der Waals surface area contributed by atoms with E-state index in [4.69, 9.17) is 4.74 Å². The summed E-state index contributed by atoms with van der Waals surface area (Å²) in [6.45, 7) is 1.46. The number of nitrogens with zero attached hydrogens (tertiary/aromatic N) is 5. The molecular formula is C23H16BrN5O6. The molecule has 12 heteroatoms. The van der Waals surface area contributed by atoms with E-state index < -0.39 is 15.4 Å². The second kappa shape index (κ2) is 9.81. The molecule has 0 fully saturated rings. The van der Waals surface area contributed by atoms with Gasteiger partial charge in [-0.1, -0.05) is 34.1 Å². The van der Waals surface area contributed by atoms with Crippen LogP contribution in [0.1, 0.15) is 17.0 Å². The molecule has 0 unspecified atom stereocenters. The van der Waals surface area contributed by atoms with E-state index in [-0.39, 0.29) is 29.3 Å². The van der Waals surface area contributed by atoms with Gasteiger partial charge in [-0.15, -0.1) is 0 Å². The Morgan fingerprint density at radius 3 is 2.60 bits per heavy atom. The quantitative estimate of drug-likeness (QED) is 0.188. The van der Waals surface area contributed by atoms with Crippen LogP contribution in [0.15, 0.2) is 75.0 Å². The van der Waals surface area contributed by atoms with E-state index in [1.807, 2.05) is 0 Å². The Morgan fingerprint density at radius 2 is 1.86 bits per heavy atom. The van der Waals surface area contributed by atoms with Gasteiger partial charge in [-0.2, -0.15) is 9.78 Å². The predicted molar refractivity (Wildman–Crippen MR) is 132 cm³/mol. The largest absolute Gasteiger partial charge is 0.481 e. The molecule has 0 aliphatic rings. The first-order valence-electron chi connectivity index (χ1n) is 10.1. The van der Waals surface area contributed by atoms with Crippen LogP contribution in [0.25, 0.3) is 10.9 Å². The summed E-state index contributed by atoms with van der Waals surface area (Å²) in [4.78, 5) is 38.9. The molecule has 0 spiro atoms. The van der Waals surface area contributed by atoms with Gasteiger partial charge < -0.3 is 4.74 Å². The lowest BCUT2D eigenvalue weighted by atomic mass is 10.1. The van der Waals surface area contributed by atoms with Crippen molar-refractivity contribution in [3.63, 3.8) is 0 Å². The lowest BCUT2D eigenvalue weighted by Gasteiger charge is -2.10. The number of rotatable bonds is 7. The molecule has 4 aromatic rings. The summed E-state index contributed by atoms with van der Waals surface area (Å²) < 4.78 is 7.52. The van der Waals surface area contributed by atoms with Gasteiger partial charge in [0, 0.05) is 28.2 Å². The first-order valence-corrected chi connectivity index (χ1v) is 10.9. The Balaban J connectivity index is 1.73. The van der Waals surface area contributed by atoms with Gasteiger partial charge in [0.05, 0.1) is 27.0 Å². The van der Waals surface area contributed by atoms with Crippen molar-refractivity contribution >= 4 is 44.4 Å². The number of nitro benzene ring substituents is 2. The molecule has 35 heavy (non-hydrogen) atoms. The molecule has 0 N–H and O–H groups in total. The Kier molecular flexibility index (Phi) is 6.64. The zero-order valence-corrected chi connectivity index (χ0v) is 19.7. The van der Waals surface area contributed by atoms with Crippen molar-refractivity contribution in [2.75, 3.05) is 0 Å². The van der Waals surface area contributed by atoms with Crippen molar-refractivity contribution in [2.24, 2.45) is 5.10 Å².